The van der Waals surface area contributed by atoms with Crippen molar-refractivity contribution < 1.29 is 32.6 Å². The number of aromatic nitrogens is 1. The highest BCUT2D eigenvalue weighted by Crippen LogP contribution is 2.29. The number of ether oxygens (including phenoxy) is 1. The van der Waals surface area contributed by atoms with E-state index < -0.39 is 6.18 Å². The minimum Gasteiger partial charge on any atom is -0.400 e. The highest BCUT2D eigenvalue weighted by molar-refractivity contribution is 6.09. The number of amidine groups is 1. The highest BCUT2D eigenvalue weighted by atomic mass is 19.4. The Kier molecular flexibility index (Phi) is 13.8. The fourth-order valence-corrected chi connectivity index (χ4v) is 4.40. The van der Waals surface area contributed by atoms with Crippen LogP contribution in [0.1, 0.15) is 45.1 Å². The molecule has 10 nitrogen and oxygen atoms in total. The van der Waals surface area contributed by atoms with Gasteiger partial charge in [0.15, 0.2) is 0 Å². The van der Waals surface area contributed by atoms with Gasteiger partial charge in [0, 0.05) is 83.3 Å². The SMILES string of the molecule is C=O.CC(=O)N1CCC(NC2CCOCC2)=C(C(=N)N2CCCc3cc(=O)[nH]cc32)C1.CC(F)(F)F.CO. The van der Waals surface area contributed by atoms with Gasteiger partial charge < -0.3 is 34.7 Å². The topological polar surface area (TPSA) is 139 Å². The average molecular weight is 546 g/mol. The quantitative estimate of drug-likeness (QED) is 0.338. The maximum atomic E-state index is 12.0. The van der Waals surface area contributed by atoms with Gasteiger partial charge in [0.2, 0.25) is 11.5 Å². The second-order valence-corrected chi connectivity index (χ2v) is 8.77. The Hall–Kier alpha value is -3.19. The molecule has 0 atom stereocenters. The van der Waals surface area contributed by atoms with Crippen LogP contribution in [0.5, 0.6) is 0 Å². The van der Waals surface area contributed by atoms with Crippen molar-refractivity contribution in [1.82, 2.24) is 15.2 Å². The molecule has 1 aromatic rings. The molecule has 0 radical (unpaired) electrons. The molecule has 0 aliphatic carbocycles. The highest BCUT2D eigenvalue weighted by Gasteiger charge is 2.30. The fraction of sp³-hybridized carbons (Fsp3) is 0.600. The van der Waals surface area contributed by atoms with E-state index in [1.165, 1.54) is 0 Å². The lowest BCUT2D eigenvalue weighted by Crippen LogP contribution is -2.46. The maximum absolute atomic E-state index is 12.0. The number of hydrogen-bond acceptors (Lipinski definition) is 7. The molecular weight excluding hydrogens is 507 g/mol. The van der Waals surface area contributed by atoms with E-state index in [2.05, 4.69) is 10.3 Å². The number of aromatic amines is 1. The predicted octanol–water partition coefficient (Wildman–Crippen LogP) is 2.37. The van der Waals surface area contributed by atoms with Crippen molar-refractivity contribution >= 4 is 24.2 Å². The number of carbonyl (C=O) groups is 2. The van der Waals surface area contributed by atoms with Crippen molar-refractivity contribution in [1.29, 1.82) is 5.41 Å². The van der Waals surface area contributed by atoms with Gasteiger partial charge in [-0.1, -0.05) is 0 Å². The summed E-state index contributed by atoms with van der Waals surface area (Å²) in [6.45, 7) is 7.11. The van der Waals surface area contributed by atoms with Crippen molar-refractivity contribution in [2.24, 2.45) is 0 Å². The molecule has 38 heavy (non-hydrogen) atoms. The number of amides is 1. The van der Waals surface area contributed by atoms with E-state index in [-0.39, 0.29) is 18.4 Å². The molecule has 1 aromatic heterocycles. The number of anilines is 1. The maximum Gasteiger partial charge on any atom is 0.386 e. The van der Waals surface area contributed by atoms with E-state index in [0.717, 1.165) is 81.5 Å². The molecule has 4 rings (SSSR count). The molecular formula is C25H38F3N5O5. The zero-order chi connectivity index (χ0) is 28.9. The van der Waals surface area contributed by atoms with E-state index in [4.69, 9.17) is 20.0 Å². The lowest BCUT2D eigenvalue weighted by molar-refractivity contribution is -0.128. The fourth-order valence-electron chi connectivity index (χ4n) is 4.40. The number of aryl methyl sites for hydroxylation is 1. The number of alkyl halides is 3. The van der Waals surface area contributed by atoms with Crippen molar-refractivity contribution in [3.63, 3.8) is 0 Å². The van der Waals surface area contributed by atoms with Crippen LogP contribution in [0.2, 0.25) is 0 Å². The van der Waals surface area contributed by atoms with Crippen molar-refractivity contribution in [2.45, 2.75) is 58.2 Å². The summed E-state index contributed by atoms with van der Waals surface area (Å²) in [6.07, 6.45) is 2.08. The van der Waals surface area contributed by atoms with Crippen molar-refractivity contribution in [2.75, 3.05) is 44.9 Å². The summed E-state index contributed by atoms with van der Waals surface area (Å²) in [5.74, 6) is 0.447. The summed E-state index contributed by atoms with van der Waals surface area (Å²) in [7, 11) is 1.00. The van der Waals surface area contributed by atoms with E-state index in [1.54, 1.807) is 24.1 Å². The number of fused-ring (bicyclic) bond motifs is 1. The number of rotatable bonds is 3. The molecule has 0 spiro atoms. The average Bonchev–Trinajstić information content (AvgIpc) is 2.90. The lowest BCUT2D eigenvalue weighted by atomic mass is 9.98. The van der Waals surface area contributed by atoms with E-state index in [1.807, 2.05) is 11.7 Å². The Balaban J connectivity index is 0.000000709. The van der Waals surface area contributed by atoms with Crippen molar-refractivity contribution in [3.8, 4) is 0 Å². The third kappa shape index (κ3) is 10.3. The number of carbonyl (C=O) groups excluding carboxylic acids is 2. The van der Waals surface area contributed by atoms with Gasteiger partial charge in [0.05, 0.1) is 12.2 Å². The minimum atomic E-state index is -4.00. The largest absolute Gasteiger partial charge is 0.400 e. The van der Waals surface area contributed by atoms with Gasteiger partial charge >= 0.3 is 6.18 Å². The molecule has 0 unspecified atom stereocenters. The Morgan fingerprint density at radius 2 is 1.82 bits per heavy atom. The summed E-state index contributed by atoms with van der Waals surface area (Å²) in [5.41, 5.74) is 3.69. The molecule has 13 heteroatoms. The van der Waals surface area contributed by atoms with E-state index in [0.29, 0.717) is 25.0 Å². The molecule has 1 amide bonds. The summed E-state index contributed by atoms with van der Waals surface area (Å²) in [6, 6.07) is 1.98. The molecule has 0 bridgehead atoms. The smallest absolute Gasteiger partial charge is 0.386 e. The monoisotopic (exact) mass is 545 g/mol. The van der Waals surface area contributed by atoms with Crippen LogP contribution in [0.15, 0.2) is 28.3 Å². The molecule has 214 valence electrons. The molecule has 3 aliphatic rings. The zero-order valence-corrected chi connectivity index (χ0v) is 22.1. The number of hydrogen-bond donors (Lipinski definition) is 4. The number of pyridine rings is 1. The Bertz CT molecular complexity index is 1000. The van der Waals surface area contributed by atoms with Crippen LogP contribution in [0, 0.1) is 5.41 Å². The molecule has 0 saturated carbocycles. The van der Waals surface area contributed by atoms with E-state index >= 15 is 0 Å². The number of nitrogens with zero attached hydrogens (tertiary/aromatic N) is 2. The van der Waals surface area contributed by atoms with Crippen LogP contribution in [0.25, 0.3) is 0 Å². The van der Waals surface area contributed by atoms with Gasteiger partial charge in [-0.3, -0.25) is 15.0 Å². The lowest BCUT2D eigenvalue weighted by Gasteiger charge is -2.37. The van der Waals surface area contributed by atoms with Gasteiger partial charge in [-0.25, -0.2) is 0 Å². The Morgan fingerprint density at radius 3 is 2.39 bits per heavy atom. The third-order valence-electron chi connectivity index (χ3n) is 6.05. The van der Waals surface area contributed by atoms with Gasteiger partial charge in [-0.05, 0) is 31.2 Å². The number of aliphatic hydroxyl groups excluding tert-OH is 1. The van der Waals surface area contributed by atoms with Crippen LogP contribution < -0.4 is 15.8 Å². The van der Waals surface area contributed by atoms with Crippen LogP contribution in [0.4, 0.5) is 18.9 Å². The van der Waals surface area contributed by atoms with Gasteiger partial charge in [-0.2, -0.15) is 13.2 Å². The van der Waals surface area contributed by atoms with Gasteiger partial charge in [0.1, 0.15) is 12.6 Å². The first kappa shape index (κ1) is 32.8. The third-order valence-corrected chi connectivity index (χ3v) is 6.05. The summed E-state index contributed by atoms with van der Waals surface area (Å²) in [5, 5.41) is 19.7. The first-order chi connectivity index (χ1) is 18.0. The molecule has 3 aliphatic heterocycles. The number of H-pyrrole nitrogens is 1. The molecule has 0 aromatic carbocycles. The first-order valence-corrected chi connectivity index (χ1v) is 12.2. The first-order valence-electron chi connectivity index (χ1n) is 12.2. The van der Waals surface area contributed by atoms with Crippen LogP contribution in [-0.4, -0.2) is 85.7 Å². The summed E-state index contributed by atoms with van der Waals surface area (Å²) >= 11 is 0. The van der Waals surface area contributed by atoms with Crippen LogP contribution in [-0.2, 0) is 20.7 Å². The van der Waals surface area contributed by atoms with Crippen LogP contribution in [0.3, 0.4) is 0 Å². The second kappa shape index (κ2) is 15.9. The second-order valence-electron chi connectivity index (χ2n) is 8.77. The van der Waals surface area contributed by atoms with Gasteiger partial charge in [0.25, 0.3) is 0 Å². The number of aliphatic hydroxyl groups is 1. The predicted molar refractivity (Wildman–Crippen MR) is 138 cm³/mol. The summed E-state index contributed by atoms with van der Waals surface area (Å²) in [4.78, 5) is 38.2. The number of halogens is 3. The zero-order valence-electron chi connectivity index (χ0n) is 22.1. The Morgan fingerprint density at radius 1 is 1.21 bits per heavy atom. The molecule has 1 fully saturated rings. The summed E-state index contributed by atoms with van der Waals surface area (Å²) < 4.78 is 36.5. The van der Waals surface area contributed by atoms with Crippen LogP contribution >= 0.6 is 0 Å². The molecule has 1 saturated heterocycles. The van der Waals surface area contributed by atoms with Gasteiger partial charge in [-0.15, -0.1) is 0 Å². The standard InChI is InChI=1S/C21H29N5O3.C2H3F3.CH4O.CH2O/c1-14(27)25-8-4-18(24-16-5-9-29-10-6-16)17(13-25)21(22)26-7-2-3-15-11-20(28)23-12-19(15)26;1-2(3,4)5;2*1-2/h11-12,16,22,24H,2-10,13H2,1H3,(H,23,28);1H3;2H,1H3;1H2. The minimum absolute atomic E-state index is 0.0313. The molecule has 4 heterocycles. The molecule has 4 N–H and O–H groups in total. The Labute approximate surface area is 220 Å². The van der Waals surface area contributed by atoms with Crippen molar-refractivity contribution in [3.05, 3.63) is 39.5 Å². The number of nitrogens with one attached hydrogen (secondary N) is 3. The van der Waals surface area contributed by atoms with E-state index in [9.17, 15) is 22.8 Å². The normalized spacial score (nSPS) is 17.4.